The van der Waals surface area contributed by atoms with E-state index in [1.165, 1.54) is 0 Å². The standard InChI is InChI=1S/C16H19ClN2O3/c17-12-8-4-3-7-11(12)14-15(22-9-13(20)19-14)16(21)18-10-5-1-2-6-10/h3-4,7-8,10,14-15H,1-2,5-6,9H2,(H,18,21)(H,19,20). The predicted octanol–water partition coefficient (Wildman–Crippen LogP) is 1.95. The molecule has 3 rings (SSSR count). The van der Waals surface area contributed by atoms with Gasteiger partial charge in [0.2, 0.25) is 5.91 Å². The van der Waals surface area contributed by atoms with Crippen molar-refractivity contribution >= 4 is 23.4 Å². The zero-order chi connectivity index (χ0) is 15.5. The summed E-state index contributed by atoms with van der Waals surface area (Å²) in [5, 5.41) is 6.36. The summed E-state index contributed by atoms with van der Waals surface area (Å²) >= 11 is 6.21. The summed E-state index contributed by atoms with van der Waals surface area (Å²) in [6.45, 7) is -0.107. The lowest BCUT2D eigenvalue weighted by molar-refractivity contribution is -0.148. The molecule has 1 saturated heterocycles. The Labute approximate surface area is 134 Å². The van der Waals surface area contributed by atoms with Gasteiger partial charge in [0.15, 0.2) is 6.10 Å². The van der Waals surface area contributed by atoms with Gasteiger partial charge in [0, 0.05) is 11.1 Å². The molecule has 1 heterocycles. The van der Waals surface area contributed by atoms with Crippen LogP contribution in [-0.4, -0.2) is 30.6 Å². The maximum absolute atomic E-state index is 12.5. The van der Waals surface area contributed by atoms with Crippen molar-refractivity contribution in [2.24, 2.45) is 0 Å². The van der Waals surface area contributed by atoms with E-state index in [-0.39, 0.29) is 24.5 Å². The number of carbonyl (C=O) groups is 2. The van der Waals surface area contributed by atoms with Crippen molar-refractivity contribution in [1.29, 1.82) is 0 Å². The smallest absolute Gasteiger partial charge is 0.251 e. The van der Waals surface area contributed by atoms with Gasteiger partial charge in [-0.3, -0.25) is 9.59 Å². The monoisotopic (exact) mass is 322 g/mol. The first-order chi connectivity index (χ1) is 10.6. The second-order valence-corrected chi connectivity index (χ2v) is 6.20. The zero-order valence-corrected chi connectivity index (χ0v) is 12.9. The third-order valence-corrected chi connectivity index (χ3v) is 4.56. The van der Waals surface area contributed by atoms with E-state index in [1.807, 2.05) is 12.1 Å². The van der Waals surface area contributed by atoms with Gasteiger partial charge in [-0.05, 0) is 24.5 Å². The first-order valence-electron chi connectivity index (χ1n) is 7.61. The molecule has 2 aliphatic rings. The zero-order valence-electron chi connectivity index (χ0n) is 12.2. The van der Waals surface area contributed by atoms with Gasteiger partial charge in [-0.2, -0.15) is 0 Å². The van der Waals surface area contributed by atoms with Crippen LogP contribution in [0.3, 0.4) is 0 Å². The third kappa shape index (κ3) is 3.25. The molecule has 0 aromatic heterocycles. The van der Waals surface area contributed by atoms with Crippen molar-refractivity contribution < 1.29 is 14.3 Å². The van der Waals surface area contributed by atoms with Gasteiger partial charge in [0.25, 0.3) is 5.91 Å². The Hall–Kier alpha value is -1.59. The van der Waals surface area contributed by atoms with E-state index < -0.39 is 12.1 Å². The van der Waals surface area contributed by atoms with Gasteiger partial charge in [-0.25, -0.2) is 0 Å². The molecule has 2 N–H and O–H groups in total. The molecule has 1 aromatic rings. The van der Waals surface area contributed by atoms with E-state index in [0.29, 0.717) is 10.6 Å². The van der Waals surface area contributed by atoms with Crippen molar-refractivity contribution in [3.63, 3.8) is 0 Å². The summed E-state index contributed by atoms with van der Waals surface area (Å²) in [4.78, 5) is 24.2. The number of ether oxygens (including phenoxy) is 1. The molecule has 2 fully saturated rings. The largest absolute Gasteiger partial charge is 0.356 e. The molecule has 0 radical (unpaired) electrons. The van der Waals surface area contributed by atoms with Crippen LogP contribution in [0.25, 0.3) is 0 Å². The molecule has 1 aliphatic heterocycles. The highest BCUT2D eigenvalue weighted by Crippen LogP contribution is 2.29. The molecule has 118 valence electrons. The molecular formula is C16H19ClN2O3. The number of hydrogen-bond acceptors (Lipinski definition) is 3. The van der Waals surface area contributed by atoms with E-state index in [2.05, 4.69) is 10.6 Å². The second-order valence-electron chi connectivity index (χ2n) is 5.79. The molecule has 0 bridgehead atoms. The number of benzene rings is 1. The van der Waals surface area contributed by atoms with Gasteiger partial charge in [-0.15, -0.1) is 0 Å². The summed E-state index contributed by atoms with van der Waals surface area (Å²) in [5.41, 5.74) is 0.698. The minimum atomic E-state index is -0.752. The summed E-state index contributed by atoms with van der Waals surface area (Å²) < 4.78 is 5.50. The minimum absolute atomic E-state index is 0.107. The maximum Gasteiger partial charge on any atom is 0.251 e. The number of amides is 2. The Morgan fingerprint density at radius 1 is 1.27 bits per heavy atom. The number of hydrogen-bond donors (Lipinski definition) is 2. The average Bonchev–Trinajstić information content (AvgIpc) is 3.00. The Morgan fingerprint density at radius 3 is 2.73 bits per heavy atom. The summed E-state index contributed by atoms with van der Waals surface area (Å²) in [5.74, 6) is -0.424. The Balaban J connectivity index is 1.79. The lowest BCUT2D eigenvalue weighted by Crippen LogP contribution is -2.53. The average molecular weight is 323 g/mol. The van der Waals surface area contributed by atoms with Crippen LogP contribution in [0.15, 0.2) is 24.3 Å². The van der Waals surface area contributed by atoms with Crippen LogP contribution >= 0.6 is 11.6 Å². The normalized spacial score (nSPS) is 25.8. The van der Waals surface area contributed by atoms with Crippen LogP contribution < -0.4 is 10.6 Å². The molecule has 2 atom stereocenters. The van der Waals surface area contributed by atoms with Crippen molar-refractivity contribution in [1.82, 2.24) is 10.6 Å². The lowest BCUT2D eigenvalue weighted by Gasteiger charge is -2.32. The number of carbonyl (C=O) groups excluding carboxylic acids is 2. The van der Waals surface area contributed by atoms with E-state index in [1.54, 1.807) is 12.1 Å². The summed E-state index contributed by atoms with van der Waals surface area (Å²) in [7, 11) is 0. The second kappa shape index (κ2) is 6.67. The minimum Gasteiger partial charge on any atom is -0.356 e. The number of halogens is 1. The molecule has 22 heavy (non-hydrogen) atoms. The van der Waals surface area contributed by atoms with Crippen LogP contribution in [0.5, 0.6) is 0 Å². The molecule has 0 spiro atoms. The Morgan fingerprint density at radius 2 is 2.00 bits per heavy atom. The molecule has 1 aromatic carbocycles. The number of morpholine rings is 1. The van der Waals surface area contributed by atoms with E-state index in [4.69, 9.17) is 16.3 Å². The van der Waals surface area contributed by atoms with Crippen LogP contribution in [-0.2, 0) is 14.3 Å². The molecule has 1 aliphatic carbocycles. The summed E-state index contributed by atoms with van der Waals surface area (Å²) in [6, 6.07) is 6.83. The van der Waals surface area contributed by atoms with Crippen molar-refractivity contribution in [2.75, 3.05) is 6.61 Å². The quantitative estimate of drug-likeness (QED) is 0.894. The Kier molecular flexibility index (Phi) is 4.64. The highest BCUT2D eigenvalue weighted by molar-refractivity contribution is 6.31. The first kappa shape index (κ1) is 15.3. The molecular weight excluding hydrogens is 304 g/mol. The molecule has 5 nitrogen and oxygen atoms in total. The van der Waals surface area contributed by atoms with Crippen molar-refractivity contribution in [3.8, 4) is 0 Å². The number of rotatable bonds is 3. The van der Waals surface area contributed by atoms with Gasteiger partial charge < -0.3 is 15.4 Å². The molecule has 2 amide bonds. The van der Waals surface area contributed by atoms with Crippen LogP contribution in [0.2, 0.25) is 5.02 Å². The third-order valence-electron chi connectivity index (χ3n) is 4.21. The highest BCUT2D eigenvalue weighted by Gasteiger charge is 2.37. The fraction of sp³-hybridized carbons (Fsp3) is 0.500. The van der Waals surface area contributed by atoms with Crippen LogP contribution in [0, 0.1) is 0 Å². The number of nitrogens with one attached hydrogen (secondary N) is 2. The fourth-order valence-electron chi connectivity index (χ4n) is 3.10. The fourth-order valence-corrected chi connectivity index (χ4v) is 3.35. The molecule has 1 saturated carbocycles. The van der Waals surface area contributed by atoms with E-state index >= 15 is 0 Å². The SMILES string of the molecule is O=C1COC(C(=O)NC2CCCC2)C(c2ccccc2Cl)N1. The van der Waals surface area contributed by atoms with E-state index in [9.17, 15) is 9.59 Å². The Bertz CT molecular complexity index is 572. The van der Waals surface area contributed by atoms with E-state index in [0.717, 1.165) is 25.7 Å². The van der Waals surface area contributed by atoms with Gasteiger partial charge in [0.1, 0.15) is 6.61 Å². The van der Waals surface area contributed by atoms with Crippen LogP contribution in [0.1, 0.15) is 37.3 Å². The maximum atomic E-state index is 12.5. The first-order valence-corrected chi connectivity index (χ1v) is 7.99. The van der Waals surface area contributed by atoms with Gasteiger partial charge in [0.05, 0.1) is 6.04 Å². The van der Waals surface area contributed by atoms with Crippen molar-refractivity contribution in [2.45, 2.75) is 43.9 Å². The van der Waals surface area contributed by atoms with Gasteiger partial charge >= 0.3 is 0 Å². The predicted molar refractivity (Wildman–Crippen MR) is 82.5 cm³/mol. The summed E-state index contributed by atoms with van der Waals surface area (Å²) in [6.07, 6.45) is 3.53. The molecule has 2 unspecified atom stereocenters. The lowest BCUT2D eigenvalue weighted by atomic mass is 9.98. The van der Waals surface area contributed by atoms with Crippen molar-refractivity contribution in [3.05, 3.63) is 34.9 Å². The molecule has 6 heteroatoms. The highest BCUT2D eigenvalue weighted by atomic mass is 35.5. The topological polar surface area (TPSA) is 67.4 Å². The van der Waals surface area contributed by atoms with Crippen LogP contribution in [0.4, 0.5) is 0 Å². The van der Waals surface area contributed by atoms with Gasteiger partial charge in [-0.1, -0.05) is 42.6 Å².